The Morgan fingerprint density at radius 1 is 1.21 bits per heavy atom. The van der Waals surface area contributed by atoms with E-state index in [0.717, 1.165) is 28.5 Å². The van der Waals surface area contributed by atoms with Gasteiger partial charge in [-0.15, -0.1) is 0 Å². The summed E-state index contributed by atoms with van der Waals surface area (Å²) < 4.78 is 25.1. The van der Waals surface area contributed by atoms with Gasteiger partial charge >= 0.3 is 0 Å². The van der Waals surface area contributed by atoms with Gasteiger partial charge in [0, 0.05) is 36.1 Å². The number of sulfonamides is 1. The third-order valence-corrected chi connectivity index (χ3v) is 4.70. The van der Waals surface area contributed by atoms with Gasteiger partial charge < -0.3 is 15.4 Å². The standard InChI is InChI=1S/C19H22N4O4S/c1-28(26,27)23-14-5-3-13(4-6-14)16-7-9-21-19-17(16)11-15(22-19)12-18(25)20-8-2-10-24/h3-7,9,11,23-24H,2,8,10,12H2,1H3,(H,20,25)(H,21,22). The molecule has 2 heterocycles. The molecule has 0 radical (unpaired) electrons. The molecular formula is C19H22N4O4S. The number of pyridine rings is 1. The number of rotatable bonds is 8. The third-order valence-electron chi connectivity index (χ3n) is 4.09. The van der Waals surface area contributed by atoms with E-state index in [4.69, 9.17) is 5.11 Å². The highest BCUT2D eigenvalue weighted by atomic mass is 32.2. The van der Waals surface area contributed by atoms with Gasteiger partial charge in [0.1, 0.15) is 5.65 Å². The molecular weight excluding hydrogens is 380 g/mol. The number of anilines is 1. The zero-order valence-electron chi connectivity index (χ0n) is 15.4. The number of aliphatic hydroxyl groups is 1. The minimum atomic E-state index is -3.32. The van der Waals surface area contributed by atoms with E-state index >= 15 is 0 Å². The number of benzene rings is 1. The van der Waals surface area contributed by atoms with Crippen molar-refractivity contribution in [1.82, 2.24) is 15.3 Å². The predicted molar refractivity (Wildman–Crippen MR) is 108 cm³/mol. The van der Waals surface area contributed by atoms with E-state index in [0.29, 0.717) is 24.3 Å². The lowest BCUT2D eigenvalue weighted by Crippen LogP contribution is -2.26. The fraction of sp³-hybridized carbons (Fsp3) is 0.263. The van der Waals surface area contributed by atoms with Crippen molar-refractivity contribution in [1.29, 1.82) is 0 Å². The molecule has 3 rings (SSSR count). The van der Waals surface area contributed by atoms with Gasteiger partial charge in [0.15, 0.2) is 0 Å². The van der Waals surface area contributed by atoms with E-state index in [-0.39, 0.29) is 18.9 Å². The van der Waals surface area contributed by atoms with Crippen LogP contribution in [0.1, 0.15) is 12.1 Å². The first kappa shape index (κ1) is 19.8. The quantitative estimate of drug-likeness (QED) is 0.427. The molecule has 0 bridgehead atoms. The van der Waals surface area contributed by atoms with Crippen LogP contribution in [0.15, 0.2) is 42.6 Å². The molecule has 2 aromatic heterocycles. The maximum Gasteiger partial charge on any atom is 0.229 e. The van der Waals surface area contributed by atoms with E-state index in [1.54, 1.807) is 18.3 Å². The fourth-order valence-electron chi connectivity index (χ4n) is 2.90. The van der Waals surface area contributed by atoms with E-state index in [1.807, 2.05) is 24.3 Å². The van der Waals surface area contributed by atoms with Crippen molar-refractivity contribution in [3.63, 3.8) is 0 Å². The Hall–Kier alpha value is -2.91. The number of H-pyrrole nitrogens is 1. The number of amides is 1. The Bertz CT molecular complexity index is 1080. The lowest BCUT2D eigenvalue weighted by molar-refractivity contribution is -0.120. The lowest BCUT2D eigenvalue weighted by atomic mass is 10.0. The molecule has 0 aliphatic heterocycles. The van der Waals surface area contributed by atoms with E-state index in [2.05, 4.69) is 20.0 Å². The van der Waals surface area contributed by atoms with Crippen LogP contribution >= 0.6 is 0 Å². The van der Waals surface area contributed by atoms with Gasteiger partial charge in [-0.05, 0) is 41.8 Å². The van der Waals surface area contributed by atoms with E-state index in [9.17, 15) is 13.2 Å². The molecule has 1 amide bonds. The Morgan fingerprint density at radius 2 is 1.96 bits per heavy atom. The van der Waals surface area contributed by atoms with Crippen LogP contribution in [-0.4, -0.2) is 48.8 Å². The number of carbonyl (C=O) groups is 1. The Labute approximate surface area is 163 Å². The first-order valence-electron chi connectivity index (χ1n) is 8.78. The number of aromatic nitrogens is 2. The van der Waals surface area contributed by atoms with E-state index in [1.165, 1.54) is 0 Å². The molecule has 28 heavy (non-hydrogen) atoms. The molecule has 0 aliphatic carbocycles. The van der Waals surface area contributed by atoms with Gasteiger partial charge in [0.05, 0.1) is 12.7 Å². The minimum Gasteiger partial charge on any atom is -0.396 e. The monoisotopic (exact) mass is 402 g/mol. The largest absolute Gasteiger partial charge is 0.396 e. The van der Waals surface area contributed by atoms with Crippen molar-refractivity contribution in [2.75, 3.05) is 24.1 Å². The average Bonchev–Trinajstić information content (AvgIpc) is 3.03. The van der Waals surface area contributed by atoms with Crippen molar-refractivity contribution >= 4 is 32.7 Å². The lowest BCUT2D eigenvalue weighted by Gasteiger charge is -2.06. The number of aliphatic hydroxyl groups excluding tert-OH is 1. The molecule has 0 spiro atoms. The van der Waals surface area contributed by atoms with E-state index < -0.39 is 10.0 Å². The van der Waals surface area contributed by atoms with Crippen LogP contribution in [0.5, 0.6) is 0 Å². The topological polar surface area (TPSA) is 124 Å². The molecule has 0 unspecified atom stereocenters. The Balaban J connectivity index is 1.82. The minimum absolute atomic E-state index is 0.0401. The summed E-state index contributed by atoms with van der Waals surface area (Å²) in [7, 11) is -3.32. The smallest absolute Gasteiger partial charge is 0.229 e. The second-order valence-corrected chi connectivity index (χ2v) is 8.22. The highest BCUT2D eigenvalue weighted by Crippen LogP contribution is 2.29. The van der Waals surface area contributed by atoms with Crippen LogP contribution in [0.2, 0.25) is 0 Å². The molecule has 8 nitrogen and oxygen atoms in total. The average molecular weight is 402 g/mol. The number of nitrogens with zero attached hydrogens (tertiary/aromatic N) is 1. The number of nitrogens with one attached hydrogen (secondary N) is 3. The summed E-state index contributed by atoms with van der Waals surface area (Å²) in [6.45, 7) is 0.478. The normalized spacial score (nSPS) is 11.5. The summed E-state index contributed by atoms with van der Waals surface area (Å²) in [6.07, 6.45) is 3.50. The maximum absolute atomic E-state index is 12.0. The van der Waals surface area contributed by atoms with Crippen LogP contribution in [0, 0.1) is 0 Å². The highest BCUT2D eigenvalue weighted by molar-refractivity contribution is 7.92. The first-order chi connectivity index (χ1) is 13.4. The van der Waals surface area contributed by atoms with Crippen molar-refractivity contribution in [3.8, 4) is 11.1 Å². The molecule has 9 heteroatoms. The van der Waals surface area contributed by atoms with Crippen molar-refractivity contribution in [2.45, 2.75) is 12.8 Å². The van der Waals surface area contributed by atoms with Crippen LogP contribution in [0.3, 0.4) is 0 Å². The van der Waals surface area contributed by atoms with Crippen LogP contribution in [-0.2, 0) is 21.2 Å². The number of aromatic amines is 1. The van der Waals surface area contributed by atoms with Crippen LogP contribution in [0.4, 0.5) is 5.69 Å². The zero-order chi connectivity index (χ0) is 20.1. The van der Waals surface area contributed by atoms with Gasteiger partial charge in [-0.1, -0.05) is 12.1 Å². The summed E-state index contributed by atoms with van der Waals surface area (Å²) in [5.41, 5.74) is 3.75. The third kappa shape index (κ3) is 5.08. The SMILES string of the molecule is CS(=O)(=O)Nc1ccc(-c2ccnc3[nH]c(CC(=O)NCCCO)cc23)cc1. The predicted octanol–water partition coefficient (Wildman–Crippen LogP) is 1.64. The Morgan fingerprint density at radius 3 is 2.64 bits per heavy atom. The molecule has 0 aliphatic rings. The zero-order valence-corrected chi connectivity index (χ0v) is 16.2. The number of hydrogen-bond donors (Lipinski definition) is 4. The van der Waals surface area contributed by atoms with Gasteiger partial charge in [-0.25, -0.2) is 13.4 Å². The summed E-state index contributed by atoms with van der Waals surface area (Å²) in [5, 5.41) is 12.4. The van der Waals surface area contributed by atoms with Crippen LogP contribution in [0.25, 0.3) is 22.2 Å². The molecule has 0 fully saturated rings. The van der Waals surface area contributed by atoms with Gasteiger partial charge in [-0.3, -0.25) is 9.52 Å². The molecule has 0 saturated carbocycles. The van der Waals surface area contributed by atoms with Gasteiger partial charge in [0.2, 0.25) is 15.9 Å². The van der Waals surface area contributed by atoms with Gasteiger partial charge in [-0.2, -0.15) is 0 Å². The molecule has 0 saturated heterocycles. The first-order valence-corrected chi connectivity index (χ1v) is 10.7. The molecule has 1 aromatic carbocycles. The Kier molecular flexibility index (Phi) is 5.96. The summed E-state index contributed by atoms with van der Waals surface area (Å²) >= 11 is 0. The van der Waals surface area contributed by atoms with Crippen LogP contribution < -0.4 is 10.0 Å². The number of carbonyl (C=O) groups excluding carboxylic acids is 1. The summed E-state index contributed by atoms with van der Waals surface area (Å²) in [5.74, 6) is -0.127. The maximum atomic E-state index is 12.0. The highest BCUT2D eigenvalue weighted by Gasteiger charge is 2.11. The fourth-order valence-corrected chi connectivity index (χ4v) is 3.47. The molecule has 148 valence electrons. The summed E-state index contributed by atoms with van der Waals surface area (Å²) in [4.78, 5) is 19.5. The van der Waals surface area contributed by atoms with Gasteiger partial charge in [0.25, 0.3) is 0 Å². The van der Waals surface area contributed by atoms with Crippen molar-refractivity contribution in [2.24, 2.45) is 0 Å². The number of fused-ring (bicyclic) bond motifs is 1. The van der Waals surface area contributed by atoms with Crippen molar-refractivity contribution < 1.29 is 18.3 Å². The molecule has 0 atom stereocenters. The second-order valence-electron chi connectivity index (χ2n) is 6.47. The number of hydrogen-bond acceptors (Lipinski definition) is 5. The summed E-state index contributed by atoms with van der Waals surface area (Å²) in [6, 6.07) is 10.8. The molecule has 3 aromatic rings. The second kappa shape index (κ2) is 8.41. The molecule has 4 N–H and O–H groups in total. The van der Waals surface area contributed by atoms with Crippen molar-refractivity contribution in [3.05, 3.63) is 48.3 Å².